The molecule has 0 saturated carbocycles. The zero-order valence-electron chi connectivity index (χ0n) is 12.9. The fourth-order valence-corrected chi connectivity index (χ4v) is 3.10. The summed E-state index contributed by atoms with van der Waals surface area (Å²) in [6.45, 7) is 2.10. The average Bonchev–Trinajstić information content (AvgIpc) is 2.55. The second kappa shape index (κ2) is 6.41. The molecule has 2 aromatic carbocycles. The lowest BCUT2D eigenvalue weighted by molar-refractivity contribution is 0.308. The first kappa shape index (κ1) is 14.9. The van der Waals surface area contributed by atoms with Gasteiger partial charge in [0.2, 0.25) is 0 Å². The maximum Gasteiger partial charge on any atom is 0.123 e. The third-order valence-corrected chi connectivity index (χ3v) is 4.24. The predicted octanol–water partition coefficient (Wildman–Crippen LogP) is 5.88. The van der Waals surface area contributed by atoms with Crippen LogP contribution in [0.5, 0.6) is 0 Å². The van der Waals surface area contributed by atoms with Crippen LogP contribution in [0, 0.1) is 6.92 Å². The minimum atomic E-state index is 0.766. The molecular weight excluding hydrogens is 292 g/mol. The van der Waals surface area contributed by atoms with E-state index in [9.17, 15) is 0 Å². The highest BCUT2D eigenvalue weighted by atomic mass is 35.5. The van der Waals surface area contributed by atoms with Gasteiger partial charge in [-0.3, -0.25) is 0 Å². The van der Waals surface area contributed by atoms with E-state index in [2.05, 4.69) is 43.3 Å². The molecule has 0 aliphatic heterocycles. The highest BCUT2D eigenvalue weighted by Crippen LogP contribution is 2.39. The molecule has 0 bridgehead atoms. The van der Waals surface area contributed by atoms with Gasteiger partial charge in [-0.2, -0.15) is 0 Å². The smallest absolute Gasteiger partial charge is 0.123 e. The van der Waals surface area contributed by atoms with E-state index >= 15 is 0 Å². The molecule has 112 valence electrons. The van der Waals surface area contributed by atoms with Gasteiger partial charge in [-0.1, -0.05) is 53.6 Å². The van der Waals surface area contributed by atoms with Gasteiger partial charge in [0.15, 0.2) is 0 Å². The van der Waals surface area contributed by atoms with Crippen LogP contribution in [-0.4, -0.2) is 7.11 Å². The van der Waals surface area contributed by atoms with Crippen molar-refractivity contribution >= 4 is 22.7 Å². The summed E-state index contributed by atoms with van der Waals surface area (Å²) in [6.07, 6.45) is 4.15. The topological polar surface area (TPSA) is 9.23 Å². The lowest BCUT2D eigenvalue weighted by atomic mass is 9.86. The molecule has 1 nitrogen and oxygen atoms in total. The molecule has 2 aromatic rings. The molecule has 0 N–H and O–H groups in total. The molecule has 1 aliphatic carbocycles. The molecule has 0 amide bonds. The van der Waals surface area contributed by atoms with Gasteiger partial charge in [0.05, 0.1) is 7.11 Å². The molecule has 0 fully saturated rings. The second-order valence-electron chi connectivity index (χ2n) is 5.54. The van der Waals surface area contributed by atoms with E-state index in [0.717, 1.165) is 23.6 Å². The molecule has 2 heteroatoms. The maximum atomic E-state index is 6.18. The molecule has 0 atom stereocenters. The molecule has 0 aromatic heterocycles. The molecule has 3 rings (SSSR count). The van der Waals surface area contributed by atoms with Gasteiger partial charge in [0.1, 0.15) is 5.76 Å². The van der Waals surface area contributed by atoms with Crippen LogP contribution in [0.15, 0.2) is 60.4 Å². The van der Waals surface area contributed by atoms with E-state index < -0.39 is 0 Å². The van der Waals surface area contributed by atoms with Crippen LogP contribution < -0.4 is 0 Å². The summed E-state index contributed by atoms with van der Waals surface area (Å²) in [7, 11) is 1.74. The molecule has 0 spiro atoms. The number of allylic oxidation sites excluding steroid dienone is 3. The first-order chi connectivity index (χ1) is 10.7. The Morgan fingerprint density at radius 3 is 2.45 bits per heavy atom. The molecule has 1 aliphatic rings. The third-order valence-electron chi connectivity index (χ3n) is 4.01. The number of rotatable bonds is 3. The summed E-state index contributed by atoms with van der Waals surface area (Å²) in [5, 5.41) is 0.766. The molecule has 0 unspecified atom stereocenters. The number of methoxy groups -OCH3 is 1. The largest absolute Gasteiger partial charge is 0.496 e. The fraction of sp³-hybridized carbons (Fsp3) is 0.200. The van der Waals surface area contributed by atoms with E-state index in [1.54, 1.807) is 7.11 Å². The predicted molar refractivity (Wildman–Crippen MR) is 93.8 cm³/mol. The van der Waals surface area contributed by atoms with Gasteiger partial charge in [-0.05, 0) is 54.7 Å². The molecule has 0 radical (unpaired) electrons. The van der Waals surface area contributed by atoms with Crippen molar-refractivity contribution in [2.75, 3.05) is 7.11 Å². The van der Waals surface area contributed by atoms with E-state index in [1.165, 1.54) is 27.8 Å². The Bertz CT molecular complexity index is 739. The van der Waals surface area contributed by atoms with E-state index in [-0.39, 0.29) is 0 Å². The van der Waals surface area contributed by atoms with Crippen molar-refractivity contribution in [3.63, 3.8) is 0 Å². The van der Waals surface area contributed by atoms with Gasteiger partial charge in [-0.15, -0.1) is 0 Å². The lowest BCUT2D eigenvalue weighted by Gasteiger charge is -2.22. The quantitative estimate of drug-likeness (QED) is 0.687. The minimum absolute atomic E-state index is 0.766. The van der Waals surface area contributed by atoms with Crippen LogP contribution in [-0.2, 0) is 4.74 Å². The summed E-state index contributed by atoms with van der Waals surface area (Å²) in [5.41, 5.74) is 6.09. The van der Waals surface area contributed by atoms with Crippen molar-refractivity contribution in [2.45, 2.75) is 19.8 Å². The standard InChI is InChI=1S/C20H19ClO/c1-14-9-11-15(12-10-14)20-18(7-4-8-19(20)22-2)16-5-3-6-17(21)13-16/h3,5-6,8-13H,4,7H2,1-2H3. The summed E-state index contributed by atoms with van der Waals surface area (Å²) >= 11 is 6.18. The molecule has 22 heavy (non-hydrogen) atoms. The van der Waals surface area contributed by atoms with E-state index in [4.69, 9.17) is 16.3 Å². The summed E-state index contributed by atoms with van der Waals surface area (Å²) in [6, 6.07) is 16.7. The van der Waals surface area contributed by atoms with Crippen molar-refractivity contribution in [2.24, 2.45) is 0 Å². The summed E-state index contributed by atoms with van der Waals surface area (Å²) < 4.78 is 5.64. The van der Waals surface area contributed by atoms with Crippen molar-refractivity contribution in [1.29, 1.82) is 0 Å². The van der Waals surface area contributed by atoms with Gasteiger partial charge in [0.25, 0.3) is 0 Å². The fourth-order valence-electron chi connectivity index (χ4n) is 2.91. The average molecular weight is 311 g/mol. The molecule has 0 saturated heterocycles. The van der Waals surface area contributed by atoms with Crippen LogP contribution in [0.1, 0.15) is 29.5 Å². The molecular formula is C20H19ClO. The van der Waals surface area contributed by atoms with Crippen molar-refractivity contribution < 1.29 is 4.74 Å². The monoisotopic (exact) mass is 310 g/mol. The summed E-state index contributed by atoms with van der Waals surface area (Å²) in [4.78, 5) is 0. The van der Waals surface area contributed by atoms with Crippen LogP contribution >= 0.6 is 11.6 Å². The Morgan fingerprint density at radius 1 is 1.00 bits per heavy atom. The number of halogens is 1. The summed E-state index contributed by atoms with van der Waals surface area (Å²) in [5.74, 6) is 0.949. The normalized spacial score (nSPS) is 14.8. The van der Waals surface area contributed by atoms with Gasteiger partial charge in [-0.25, -0.2) is 0 Å². The van der Waals surface area contributed by atoms with Crippen LogP contribution in [0.2, 0.25) is 5.02 Å². The van der Waals surface area contributed by atoms with E-state index in [1.807, 2.05) is 18.2 Å². The Kier molecular flexibility index (Phi) is 4.35. The van der Waals surface area contributed by atoms with Gasteiger partial charge < -0.3 is 4.74 Å². The zero-order chi connectivity index (χ0) is 15.5. The van der Waals surface area contributed by atoms with Crippen LogP contribution in [0.4, 0.5) is 0 Å². The number of hydrogen-bond donors (Lipinski definition) is 0. The van der Waals surface area contributed by atoms with Crippen molar-refractivity contribution in [1.82, 2.24) is 0 Å². The lowest BCUT2D eigenvalue weighted by Crippen LogP contribution is -2.03. The number of benzene rings is 2. The Morgan fingerprint density at radius 2 is 1.77 bits per heavy atom. The third kappa shape index (κ3) is 2.95. The van der Waals surface area contributed by atoms with Gasteiger partial charge >= 0.3 is 0 Å². The van der Waals surface area contributed by atoms with E-state index in [0.29, 0.717) is 0 Å². The first-order valence-electron chi connectivity index (χ1n) is 7.49. The second-order valence-corrected chi connectivity index (χ2v) is 5.98. The molecule has 0 heterocycles. The van der Waals surface area contributed by atoms with Crippen molar-refractivity contribution in [3.8, 4) is 0 Å². The Balaban J connectivity index is 2.19. The first-order valence-corrected chi connectivity index (χ1v) is 7.87. The van der Waals surface area contributed by atoms with Crippen molar-refractivity contribution in [3.05, 3.63) is 82.1 Å². The van der Waals surface area contributed by atoms with Crippen LogP contribution in [0.3, 0.4) is 0 Å². The highest BCUT2D eigenvalue weighted by molar-refractivity contribution is 6.30. The highest BCUT2D eigenvalue weighted by Gasteiger charge is 2.19. The number of ether oxygens (including phenoxy) is 1. The SMILES string of the molecule is COC1=CCCC(c2cccc(Cl)c2)=C1c1ccc(C)cc1. The van der Waals surface area contributed by atoms with Gasteiger partial charge in [0, 0.05) is 10.6 Å². The minimum Gasteiger partial charge on any atom is -0.496 e. The number of hydrogen-bond acceptors (Lipinski definition) is 1. The number of aryl methyl sites for hydroxylation is 1. The Labute approximate surface area is 136 Å². The zero-order valence-corrected chi connectivity index (χ0v) is 13.7. The Hall–Kier alpha value is -1.99. The van der Waals surface area contributed by atoms with Crippen LogP contribution in [0.25, 0.3) is 11.1 Å². The maximum absolute atomic E-state index is 6.18.